The zero-order chi connectivity index (χ0) is 17.6. The maximum Gasteiger partial charge on any atom is 0.321 e. The van der Waals surface area contributed by atoms with Gasteiger partial charge in [0.25, 0.3) is 0 Å². The maximum absolute atomic E-state index is 11.9. The monoisotopic (exact) mass is 359 g/mol. The minimum absolute atomic E-state index is 0.282. The third-order valence-electron chi connectivity index (χ3n) is 3.72. The molecule has 2 aromatic rings. The van der Waals surface area contributed by atoms with E-state index in [2.05, 4.69) is 32.6 Å². The van der Waals surface area contributed by atoms with Crippen molar-refractivity contribution in [2.24, 2.45) is 13.0 Å². The standard InChI is InChI=1S/C17H21N5O2S/c1-12-15(6-5-14-7-8-19-22(14)2)25-17(20-12)21-16(23)18-9-10-24-11-13-3-4-13/h7-8,13H,3-4,9-11H2,1-2H3,(H2,18,20,21,23). The largest absolute Gasteiger partial charge is 0.379 e. The molecule has 1 fully saturated rings. The molecule has 0 aliphatic heterocycles. The van der Waals surface area contributed by atoms with Crippen LogP contribution in [0.2, 0.25) is 0 Å². The topological polar surface area (TPSA) is 81.1 Å². The number of urea groups is 1. The highest BCUT2D eigenvalue weighted by molar-refractivity contribution is 7.16. The van der Waals surface area contributed by atoms with Crippen molar-refractivity contribution in [1.82, 2.24) is 20.1 Å². The Bertz CT molecular complexity index is 798. The van der Waals surface area contributed by atoms with Gasteiger partial charge in [-0.05, 0) is 43.6 Å². The van der Waals surface area contributed by atoms with E-state index in [1.54, 1.807) is 10.9 Å². The molecule has 2 heterocycles. The van der Waals surface area contributed by atoms with E-state index in [0.717, 1.165) is 28.8 Å². The molecule has 0 saturated heterocycles. The van der Waals surface area contributed by atoms with Crippen molar-refractivity contribution in [3.8, 4) is 11.8 Å². The van der Waals surface area contributed by atoms with Crippen molar-refractivity contribution in [3.05, 3.63) is 28.5 Å². The molecule has 0 aromatic carbocycles. The summed E-state index contributed by atoms with van der Waals surface area (Å²) in [6.07, 6.45) is 4.24. The van der Waals surface area contributed by atoms with E-state index in [9.17, 15) is 4.79 Å². The van der Waals surface area contributed by atoms with E-state index in [-0.39, 0.29) is 6.03 Å². The zero-order valence-electron chi connectivity index (χ0n) is 14.3. The van der Waals surface area contributed by atoms with Crippen LogP contribution in [0, 0.1) is 24.7 Å². The minimum Gasteiger partial charge on any atom is -0.379 e. The highest BCUT2D eigenvalue weighted by Crippen LogP contribution is 2.28. The lowest BCUT2D eigenvalue weighted by molar-refractivity contribution is 0.127. The molecule has 7 nitrogen and oxygen atoms in total. The van der Waals surface area contributed by atoms with Gasteiger partial charge in [0.05, 0.1) is 18.5 Å². The molecule has 1 saturated carbocycles. The zero-order valence-corrected chi connectivity index (χ0v) is 15.2. The molecule has 0 bridgehead atoms. The highest BCUT2D eigenvalue weighted by Gasteiger charge is 2.20. The molecular weight excluding hydrogens is 338 g/mol. The fourth-order valence-electron chi connectivity index (χ4n) is 2.10. The first-order chi connectivity index (χ1) is 12.1. The van der Waals surface area contributed by atoms with Gasteiger partial charge in [0.15, 0.2) is 5.13 Å². The minimum atomic E-state index is -0.282. The first-order valence-corrected chi connectivity index (χ1v) is 9.03. The van der Waals surface area contributed by atoms with Gasteiger partial charge in [-0.15, -0.1) is 0 Å². The Hall–Kier alpha value is -2.37. The number of hydrogen-bond acceptors (Lipinski definition) is 5. The molecular formula is C17H21N5O2S. The number of hydrogen-bond donors (Lipinski definition) is 2. The average molecular weight is 359 g/mol. The van der Waals surface area contributed by atoms with Crippen molar-refractivity contribution < 1.29 is 9.53 Å². The third kappa shape index (κ3) is 5.31. The molecule has 132 valence electrons. The number of amides is 2. The van der Waals surface area contributed by atoms with Crippen LogP contribution in [0.3, 0.4) is 0 Å². The normalized spacial score (nSPS) is 13.2. The molecule has 25 heavy (non-hydrogen) atoms. The van der Waals surface area contributed by atoms with Crippen LogP contribution >= 0.6 is 11.3 Å². The van der Waals surface area contributed by atoms with Crippen molar-refractivity contribution in [1.29, 1.82) is 0 Å². The predicted octanol–water partition coefficient (Wildman–Crippen LogP) is 2.13. The third-order valence-corrected chi connectivity index (χ3v) is 4.71. The molecule has 2 amide bonds. The quantitative estimate of drug-likeness (QED) is 0.612. The predicted molar refractivity (Wildman–Crippen MR) is 96.6 cm³/mol. The van der Waals surface area contributed by atoms with Crippen LogP contribution in [-0.2, 0) is 11.8 Å². The van der Waals surface area contributed by atoms with Crippen molar-refractivity contribution in [2.75, 3.05) is 25.1 Å². The molecule has 3 rings (SSSR count). The number of nitrogens with one attached hydrogen (secondary N) is 2. The number of carbonyl (C=O) groups is 1. The van der Waals surface area contributed by atoms with Gasteiger partial charge in [-0.3, -0.25) is 10.00 Å². The Balaban J connectivity index is 1.47. The number of aromatic nitrogens is 3. The summed E-state index contributed by atoms with van der Waals surface area (Å²) in [5.74, 6) is 6.87. The van der Waals surface area contributed by atoms with Gasteiger partial charge in [-0.2, -0.15) is 5.10 Å². The first-order valence-electron chi connectivity index (χ1n) is 8.22. The van der Waals surface area contributed by atoms with Crippen LogP contribution in [0.25, 0.3) is 0 Å². The molecule has 0 spiro atoms. The fraction of sp³-hybridized carbons (Fsp3) is 0.471. The lowest BCUT2D eigenvalue weighted by Gasteiger charge is -2.05. The number of carbonyl (C=O) groups excluding carboxylic acids is 1. The lowest BCUT2D eigenvalue weighted by Crippen LogP contribution is -2.31. The van der Waals surface area contributed by atoms with E-state index in [1.165, 1.54) is 24.2 Å². The molecule has 8 heteroatoms. The molecule has 0 radical (unpaired) electrons. The molecule has 1 aliphatic rings. The van der Waals surface area contributed by atoms with Crippen LogP contribution in [0.1, 0.15) is 29.1 Å². The average Bonchev–Trinajstić information content (AvgIpc) is 3.21. The summed E-state index contributed by atoms with van der Waals surface area (Å²) in [5.41, 5.74) is 1.62. The number of ether oxygens (including phenoxy) is 1. The Morgan fingerprint density at radius 2 is 2.32 bits per heavy atom. The van der Waals surface area contributed by atoms with Crippen LogP contribution < -0.4 is 10.6 Å². The van der Waals surface area contributed by atoms with Crippen molar-refractivity contribution in [3.63, 3.8) is 0 Å². The SMILES string of the molecule is Cc1nc(NC(=O)NCCOCC2CC2)sc1C#Cc1ccnn1C. The molecule has 0 unspecified atom stereocenters. The van der Waals surface area contributed by atoms with Gasteiger partial charge in [0, 0.05) is 20.2 Å². The van der Waals surface area contributed by atoms with Gasteiger partial charge in [-0.1, -0.05) is 11.3 Å². The second-order valence-electron chi connectivity index (χ2n) is 5.92. The Morgan fingerprint density at radius 3 is 3.04 bits per heavy atom. The Morgan fingerprint density at radius 1 is 1.48 bits per heavy atom. The van der Waals surface area contributed by atoms with Gasteiger partial charge in [-0.25, -0.2) is 9.78 Å². The van der Waals surface area contributed by atoms with E-state index in [0.29, 0.717) is 18.3 Å². The van der Waals surface area contributed by atoms with E-state index >= 15 is 0 Å². The van der Waals surface area contributed by atoms with E-state index < -0.39 is 0 Å². The van der Waals surface area contributed by atoms with Gasteiger partial charge in [0.2, 0.25) is 0 Å². The lowest BCUT2D eigenvalue weighted by atomic mass is 10.3. The number of thiazole rings is 1. The number of anilines is 1. The molecule has 2 aromatic heterocycles. The second kappa shape index (κ2) is 8.14. The summed E-state index contributed by atoms with van der Waals surface area (Å²) < 4.78 is 7.19. The van der Waals surface area contributed by atoms with E-state index in [1.807, 2.05) is 20.0 Å². The van der Waals surface area contributed by atoms with Crippen molar-refractivity contribution in [2.45, 2.75) is 19.8 Å². The number of nitrogens with zero attached hydrogens (tertiary/aromatic N) is 3. The summed E-state index contributed by atoms with van der Waals surface area (Å²) in [6, 6.07) is 1.57. The number of aryl methyl sites for hydroxylation is 2. The van der Waals surface area contributed by atoms with Gasteiger partial charge in [0.1, 0.15) is 10.6 Å². The van der Waals surface area contributed by atoms with Crippen LogP contribution in [-0.4, -0.2) is 40.6 Å². The van der Waals surface area contributed by atoms with Crippen molar-refractivity contribution >= 4 is 22.5 Å². The molecule has 0 atom stereocenters. The summed E-state index contributed by atoms with van der Waals surface area (Å²) >= 11 is 1.35. The first kappa shape index (κ1) is 17.5. The summed E-state index contributed by atoms with van der Waals surface area (Å²) in [5, 5.41) is 10.1. The Labute approximate surface area is 150 Å². The van der Waals surface area contributed by atoms with Crippen LogP contribution in [0.15, 0.2) is 12.3 Å². The summed E-state index contributed by atoms with van der Waals surface area (Å²) in [7, 11) is 1.84. The summed E-state index contributed by atoms with van der Waals surface area (Å²) in [4.78, 5) is 17.0. The van der Waals surface area contributed by atoms with Crippen LogP contribution in [0.4, 0.5) is 9.93 Å². The summed E-state index contributed by atoms with van der Waals surface area (Å²) in [6.45, 7) is 3.69. The van der Waals surface area contributed by atoms with Crippen LogP contribution in [0.5, 0.6) is 0 Å². The maximum atomic E-state index is 11.9. The smallest absolute Gasteiger partial charge is 0.321 e. The Kier molecular flexibility index (Phi) is 5.68. The fourth-order valence-corrected chi connectivity index (χ4v) is 2.91. The molecule has 2 N–H and O–H groups in total. The van der Waals surface area contributed by atoms with Gasteiger partial charge < -0.3 is 10.1 Å². The highest BCUT2D eigenvalue weighted by atomic mass is 32.1. The van der Waals surface area contributed by atoms with Gasteiger partial charge >= 0.3 is 6.03 Å². The number of rotatable bonds is 6. The molecule has 1 aliphatic carbocycles. The second-order valence-corrected chi connectivity index (χ2v) is 6.92. The van der Waals surface area contributed by atoms with E-state index in [4.69, 9.17) is 4.74 Å².